The number of hydrogen-bond donors (Lipinski definition) is 1. The molecule has 0 fully saturated rings. The number of nitrogens with zero attached hydrogens (tertiary/aromatic N) is 1. The molecule has 0 rings (SSSR count). The predicted molar refractivity (Wildman–Crippen MR) is 371 cm³/mol. The van der Waals surface area contributed by atoms with Crippen molar-refractivity contribution in [2.75, 3.05) is 47.5 Å². The maximum absolute atomic E-state index is 12.9. The summed E-state index contributed by atoms with van der Waals surface area (Å²) >= 11 is 0. The minimum absolute atomic E-state index is 0.0214. The van der Waals surface area contributed by atoms with Gasteiger partial charge in [-0.2, -0.15) is 0 Å². The number of phosphoric ester groups is 1. The van der Waals surface area contributed by atoms with Gasteiger partial charge < -0.3 is 18.9 Å². The summed E-state index contributed by atoms with van der Waals surface area (Å²) in [5.74, 6) is -0.817. The first-order chi connectivity index (χ1) is 42.0. The third-order valence-electron chi connectivity index (χ3n) is 14.1. The van der Waals surface area contributed by atoms with Crippen LogP contribution >= 0.6 is 7.82 Å². The van der Waals surface area contributed by atoms with Gasteiger partial charge in [0.05, 0.1) is 27.7 Å². The summed E-state index contributed by atoms with van der Waals surface area (Å²) in [5.41, 5.74) is 0. The molecule has 0 spiro atoms. The van der Waals surface area contributed by atoms with Crippen LogP contribution in [0.25, 0.3) is 0 Å². The van der Waals surface area contributed by atoms with Gasteiger partial charge in [0.25, 0.3) is 0 Å². The van der Waals surface area contributed by atoms with Gasteiger partial charge in [-0.15, -0.1) is 0 Å². The van der Waals surface area contributed by atoms with E-state index in [0.717, 1.165) is 128 Å². The Labute approximate surface area is 528 Å². The second kappa shape index (κ2) is 65.1. The Morgan fingerprint density at radius 2 is 0.628 bits per heavy atom. The number of likely N-dealkylation sites (N-methyl/N-ethyl adjacent to an activating group) is 1. The number of carbonyl (C=O) groups is 2. The molecule has 9 nitrogen and oxygen atoms in total. The van der Waals surface area contributed by atoms with Gasteiger partial charge in [-0.3, -0.25) is 18.6 Å². The van der Waals surface area contributed by atoms with Crippen molar-refractivity contribution >= 4 is 19.8 Å². The monoisotopic (exact) mass is 1210 g/mol. The molecule has 0 saturated carbocycles. The topological polar surface area (TPSA) is 108 Å². The quantitative estimate of drug-likeness (QED) is 0.0211. The highest BCUT2D eigenvalue weighted by Crippen LogP contribution is 2.43. The van der Waals surface area contributed by atoms with Crippen molar-refractivity contribution in [3.05, 3.63) is 158 Å². The van der Waals surface area contributed by atoms with Crippen LogP contribution in [-0.4, -0.2) is 74.9 Å². The summed E-state index contributed by atoms with van der Waals surface area (Å²) in [6.07, 6.45) is 97.6. The zero-order valence-electron chi connectivity index (χ0n) is 55.5. The average Bonchev–Trinajstić information content (AvgIpc) is 3.67. The highest BCUT2D eigenvalue weighted by atomic mass is 31.2. The zero-order valence-corrected chi connectivity index (χ0v) is 56.4. The van der Waals surface area contributed by atoms with E-state index >= 15 is 0 Å². The summed E-state index contributed by atoms with van der Waals surface area (Å²) in [5, 5.41) is 0. The molecule has 2 unspecified atom stereocenters. The van der Waals surface area contributed by atoms with Crippen LogP contribution in [0.1, 0.15) is 258 Å². The minimum atomic E-state index is -4.41. The van der Waals surface area contributed by atoms with Gasteiger partial charge in [0.1, 0.15) is 19.8 Å². The number of rotatable bonds is 61. The lowest BCUT2D eigenvalue weighted by Gasteiger charge is -2.24. The number of phosphoric acid groups is 1. The molecular formula is C76H127NO8P+. The van der Waals surface area contributed by atoms with Crippen LogP contribution in [0.3, 0.4) is 0 Å². The molecule has 0 saturated heterocycles. The number of esters is 2. The van der Waals surface area contributed by atoms with Crippen LogP contribution < -0.4 is 0 Å². The van der Waals surface area contributed by atoms with Crippen molar-refractivity contribution in [1.82, 2.24) is 0 Å². The zero-order chi connectivity index (χ0) is 62.6. The molecule has 10 heteroatoms. The number of ether oxygens (including phenoxy) is 2. The molecular weight excluding hydrogens is 1090 g/mol. The summed E-state index contributed by atoms with van der Waals surface area (Å²) in [4.78, 5) is 35.9. The Kier molecular flexibility index (Phi) is 61.8. The summed E-state index contributed by atoms with van der Waals surface area (Å²) in [6, 6.07) is 0. The molecule has 86 heavy (non-hydrogen) atoms. The molecule has 0 radical (unpaired) electrons. The van der Waals surface area contributed by atoms with Crippen LogP contribution in [0.5, 0.6) is 0 Å². The van der Waals surface area contributed by atoms with E-state index in [4.69, 9.17) is 18.5 Å². The Balaban J connectivity index is 4.13. The van der Waals surface area contributed by atoms with Crippen molar-refractivity contribution in [2.24, 2.45) is 0 Å². The number of allylic oxidation sites excluding steroid dienone is 26. The molecule has 0 aliphatic carbocycles. The van der Waals surface area contributed by atoms with Crippen molar-refractivity contribution in [1.29, 1.82) is 0 Å². The van der Waals surface area contributed by atoms with Crippen LogP contribution in [0.15, 0.2) is 158 Å². The maximum Gasteiger partial charge on any atom is 0.472 e. The highest BCUT2D eigenvalue weighted by molar-refractivity contribution is 7.47. The summed E-state index contributed by atoms with van der Waals surface area (Å²) < 4.78 is 34.7. The van der Waals surface area contributed by atoms with E-state index in [1.807, 2.05) is 21.1 Å². The molecule has 0 amide bonds. The van der Waals surface area contributed by atoms with Crippen LogP contribution in [-0.2, 0) is 32.7 Å². The molecule has 0 heterocycles. The first-order valence-electron chi connectivity index (χ1n) is 34.2. The van der Waals surface area contributed by atoms with Crippen molar-refractivity contribution in [3.63, 3.8) is 0 Å². The minimum Gasteiger partial charge on any atom is -0.462 e. The molecule has 0 aliphatic heterocycles. The van der Waals surface area contributed by atoms with Crippen molar-refractivity contribution in [2.45, 2.75) is 264 Å². The number of quaternary nitrogens is 1. The fraction of sp³-hybridized carbons (Fsp3) is 0.632. The van der Waals surface area contributed by atoms with Crippen LogP contribution in [0.2, 0.25) is 0 Å². The van der Waals surface area contributed by atoms with Gasteiger partial charge in [-0.25, -0.2) is 4.57 Å². The van der Waals surface area contributed by atoms with Gasteiger partial charge >= 0.3 is 19.8 Å². The van der Waals surface area contributed by atoms with Crippen LogP contribution in [0, 0.1) is 0 Å². The fourth-order valence-electron chi connectivity index (χ4n) is 8.88. The van der Waals surface area contributed by atoms with Gasteiger partial charge in [0, 0.05) is 12.8 Å². The third kappa shape index (κ3) is 68.7. The lowest BCUT2D eigenvalue weighted by molar-refractivity contribution is -0.870. The van der Waals surface area contributed by atoms with Gasteiger partial charge in [-0.1, -0.05) is 281 Å². The second-order valence-electron chi connectivity index (χ2n) is 23.4. The molecule has 0 aromatic heterocycles. The Hall–Kier alpha value is -4.37. The van der Waals surface area contributed by atoms with Crippen molar-refractivity contribution in [3.8, 4) is 0 Å². The Morgan fingerprint density at radius 3 is 0.930 bits per heavy atom. The maximum atomic E-state index is 12.9. The molecule has 0 aromatic carbocycles. The molecule has 0 aromatic rings. The Bertz CT molecular complexity index is 2010. The largest absolute Gasteiger partial charge is 0.472 e. The average molecular weight is 1210 g/mol. The molecule has 1 N–H and O–H groups in total. The third-order valence-corrected chi connectivity index (χ3v) is 15.0. The van der Waals surface area contributed by atoms with E-state index < -0.39 is 26.5 Å². The Morgan fingerprint density at radius 1 is 0.360 bits per heavy atom. The molecule has 0 aliphatic rings. The smallest absolute Gasteiger partial charge is 0.462 e. The number of hydrogen-bond acceptors (Lipinski definition) is 7. The van der Waals surface area contributed by atoms with Gasteiger partial charge in [0.15, 0.2) is 6.10 Å². The second-order valence-corrected chi connectivity index (χ2v) is 24.9. The van der Waals surface area contributed by atoms with E-state index in [9.17, 15) is 19.0 Å². The normalized spacial score (nSPS) is 14.2. The summed E-state index contributed by atoms with van der Waals surface area (Å²) in [6.45, 7) is 4.19. The van der Waals surface area contributed by atoms with Gasteiger partial charge in [-0.05, 0) is 122 Å². The van der Waals surface area contributed by atoms with Crippen LogP contribution in [0.4, 0.5) is 0 Å². The molecule has 488 valence electrons. The SMILES string of the molecule is CC/C=C\C/C=C\C/C=C\C/C=C\C/C=C\C/C=C\C/C=C\CCCCCCCCCC(=O)OC(COC(=O)CCCCCCCCCCCCCCCC/C=C\C/C=C\C/C=C\C/C=C\C/C=C\C/C=C\CC)COP(=O)(O)OCC[N+](C)(C)C. The first kappa shape index (κ1) is 81.6. The van der Waals surface area contributed by atoms with E-state index in [1.54, 1.807) is 0 Å². The van der Waals surface area contributed by atoms with E-state index in [1.165, 1.54) is 96.3 Å². The van der Waals surface area contributed by atoms with E-state index in [0.29, 0.717) is 17.4 Å². The lowest BCUT2D eigenvalue weighted by Crippen LogP contribution is -2.37. The number of carbonyl (C=O) groups excluding carboxylic acids is 2. The van der Waals surface area contributed by atoms with Gasteiger partial charge in [0.2, 0.25) is 0 Å². The lowest BCUT2D eigenvalue weighted by atomic mass is 10.0. The molecule has 2 atom stereocenters. The molecule has 0 bridgehead atoms. The summed E-state index contributed by atoms with van der Waals surface area (Å²) in [7, 11) is 1.45. The number of unbranched alkanes of at least 4 members (excludes halogenated alkanes) is 21. The fourth-order valence-corrected chi connectivity index (χ4v) is 9.62. The predicted octanol–water partition coefficient (Wildman–Crippen LogP) is 22.4. The van der Waals surface area contributed by atoms with E-state index in [-0.39, 0.29) is 32.0 Å². The van der Waals surface area contributed by atoms with Crippen molar-refractivity contribution < 1.29 is 42.1 Å². The standard InChI is InChI=1S/C76H126NO8P/c1-6-8-10-12-14-16-18-20-22-24-26-28-30-32-34-36-37-38-39-41-42-44-46-48-50-52-54-56-58-60-62-64-66-68-75(78)82-72-74(73-84-86(80,81)83-71-70-77(3,4)5)85-76(79)69-67-65-63-61-59-57-55-53-51-49-47-45-43-40-35-33-31-29-27-25-23-21-19-17-15-13-11-9-7-2/h8-11,14-17,20-23,26-29,32-35,37-38,43,45,49,51,74H,6-7,12-13,18-19,24-25,30-31,36,39-42,44,46-48,50,52-73H2,1-5H3/p+1/b10-8-,11-9-,16-14-,17-15-,22-20-,23-21-,28-26-,29-27-,34-32-,35-33-,38-37-,45-43-,51-49-. The van der Waals surface area contributed by atoms with E-state index in [2.05, 4.69) is 172 Å². The first-order valence-corrected chi connectivity index (χ1v) is 35.7. The highest BCUT2D eigenvalue weighted by Gasteiger charge is 2.27.